The maximum absolute atomic E-state index is 4.39. The van der Waals surface area contributed by atoms with Crippen LogP contribution in [-0.2, 0) is 6.54 Å². The van der Waals surface area contributed by atoms with Crippen LogP contribution in [0, 0.1) is 6.92 Å². The van der Waals surface area contributed by atoms with Crippen LogP contribution in [0.3, 0.4) is 0 Å². The van der Waals surface area contributed by atoms with Crippen molar-refractivity contribution in [2.75, 3.05) is 7.05 Å². The van der Waals surface area contributed by atoms with Crippen LogP contribution < -0.4 is 5.32 Å². The van der Waals surface area contributed by atoms with Crippen LogP contribution >= 0.6 is 0 Å². The Kier molecular flexibility index (Phi) is 3.48. The van der Waals surface area contributed by atoms with Crippen molar-refractivity contribution in [1.29, 1.82) is 0 Å². The molecule has 0 saturated carbocycles. The number of aryl methyl sites for hydroxylation is 1. The van der Waals surface area contributed by atoms with Crippen LogP contribution in [0.2, 0.25) is 0 Å². The fourth-order valence-electron chi connectivity index (χ4n) is 2.69. The molecule has 1 aromatic heterocycles. The average molecular weight is 262 g/mol. The highest BCUT2D eigenvalue weighted by molar-refractivity contribution is 5.98. The summed E-state index contributed by atoms with van der Waals surface area (Å²) in [5, 5.41) is 5.73. The molecule has 0 saturated heterocycles. The Morgan fingerprint density at radius 2 is 1.90 bits per heavy atom. The first-order valence-corrected chi connectivity index (χ1v) is 6.87. The van der Waals surface area contributed by atoms with Gasteiger partial charge >= 0.3 is 0 Å². The Morgan fingerprint density at radius 1 is 1.05 bits per heavy atom. The third-order valence-corrected chi connectivity index (χ3v) is 3.60. The van der Waals surface area contributed by atoms with Gasteiger partial charge in [0.15, 0.2) is 0 Å². The number of nitrogens with zero attached hydrogens (tertiary/aromatic N) is 1. The van der Waals surface area contributed by atoms with Gasteiger partial charge in [-0.2, -0.15) is 0 Å². The maximum atomic E-state index is 4.39. The van der Waals surface area contributed by atoms with Crippen molar-refractivity contribution in [3.63, 3.8) is 0 Å². The van der Waals surface area contributed by atoms with Crippen molar-refractivity contribution in [3.8, 4) is 11.1 Å². The SMILES string of the molecule is CNCc1cncc(-c2c(C)ccc3ccccc23)c1. The summed E-state index contributed by atoms with van der Waals surface area (Å²) < 4.78 is 0. The van der Waals surface area contributed by atoms with E-state index >= 15 is 0 Å². The molecule has 3 rings (SSSR count). The fourth-order valence-corrected chi connectivity index (χ4v) is 2.69. The van der Waals surface area contributed by atoms with E-state index in [0.29, 0.717) is 0 Å². The Labute approximate surface area is 119 Å². The highest BCUT2D eigenvalue weighted by Crippen LogP contribution is 2.31. The molecule has 0 spiro atoms. The normalized spacial score (nSPS) is 10.9. The molecule has 0 bridgehead atoms. The standard InChI is InChI=1S/C18H18N2/c1-13-7-8-15-5-3-4-6-17(15)18(13)16-9-14(10-19-2)11-20-12-16/h3-9,11-12,19H,10H2,1-2H3. The molecule has 1 N–H and O–H groups in total. The van der Waals surface area contributed by atoms with Gasteiger partial charge in [-0.1, -0.05) is 36.4 Å². The lowest BCUT2D eigenvalue weighted by Crippen LogP contribution is -2.05. The van der Waals surface area contributed by atoms with Crippen molar-refractivity contribution in [2.45, 2.75) is 13.5 Å². The monoisotopic (exact) mass is 262 g/mol. The van der Waals surface area contributed by atoms with Gasteiger partial charge in [-0.05, 0) is 47.5 Å². The molecule has 0 amide bonds. The molecule has 2 nitrogen and oxygen atoms in total. The van der Waals surface area contributed by atoms with Gasteiger partial charge in [0.05, 0.1) is 0 Å². The Bertz CT molecular complexity index is 747. The van der Waals surface area contributed by atoms with Crippen LogP contribution in [0.1, 0.15) is 11.1 Å². The van der Waals surface area contributed by atoms with Gasteiger partial charge in [0.2, 0.25) is 0 Å². The molecule has 0 unspecified atom stereocenters. The highest BCUT2D eigenvalue weighted by Gasteiger charge is 2.08. The van der Waals surface area contributed by atoms with E-state index in [4.69, 9.17) is 0 Å². The molecule has 1 heterocycles. The molecule has 0 fully saturated rings. The molecular formula is C18H18N2. The molecule has 0 aliphatic carbocycles. The van der Waals surface area contributed by atoms with Gasteiger partial charge in [-0.25, -0.2) is 0 Å². The quantitative estimate of drug-likeness (QED) is 0.773. The first-order valence-electron chi connectivity index (χ1n) is 6.87. The Hall–Kier alpha value is -2.19. The molecule has 3 aromatic rings. The van der Waals surface area contributed by atoms with E-state index < -0.39 is 0 Å². The predicted octanol–water partition coefficient (Wildman–Crippen LogP) is 3.93. The number of nitrogens with one attached hydrogen (secondary N) is 1. The molecule has 100 valence electrons. The summed E-state index contributed by atoms with van der Waals surface area (Å²) in [6.07, 6.45) is 3.87. The highest BCUT2D eigenvalue weighted by atomic mass is 14.8. The summed E-state index contributed by atoms with van der Waals surface area (Å²) in [7, 11) is 1.95. The van der Waals surface area contributed by atoms with Crippen molar-refractivity contribution in [2.24, 2.45) is 0 Å². The lowest BCUT2D eigenvalue weighted by molar-refractivity contribution is 0.813. The summed E-state index contributed by atoms with van der Waals surface area (Å²) in [5.74, 6) is 0. The second kappa shape index (κ2) is 5.43. The molecule has 0 aliphatic heterocycles. The van der Waals surface area contributed by atoms with E-state index in [1.165, 1.54) is 33.0 Å². The second-order valence-corrected chi connectivity index (χ2v) is 5.09. The summed E-state index contributed by atoms with van der Waals surface area (Å²) in [5.41, 5.74) is 4.96. The summed E-state index contributed by atoms with van der Waals surface area (Å²) in [6.45, 7) is 3.00. The molecule has 20 heavy (non-hydrogen) atoms. The number of hydrogen-bond acceptors (Lipinski definition) is 2. The van der Waals surface area contributed by atoms with E-state index in [1.807, 2.05) is 19.4 Å². The van der Waals surface area contributed by atoms with Crippen molar-refractivity contribution in [3.05, 3.63) is 66.0 Å². The van der Waals surface area contributed by atoms with E-state index in [2.05, 4.69) is 59.7 Å². The smallest absolute Gasteiger partial charge is 0.0346 e. The third kappa shape index (κ3) is 2.30. The minimum atomic E-state index is 0.838. The van der Waals surface area contributed by atoms with Crippen LogP contribution in [-0.4, -0.2) is 12.0 Å². The number of rotatable bonds is 3. The van der Waals surface area contributed by atoms with Crippen LogP contribution in [0.4, 0.5) is 0 Å². The lowest BCUT2D eigenvalue weighted by Gasteiger charge is -2.11. The van der Waals surface area contributed by atoms with E-state index in [1.54, 1.807) is 0 Å². The van der Waals surface area contributed by atoms with Crippen molar-refractivity contribution >= 4 is 10.8 Å². The van der Waals surface area contributed by atoms with Gasteiger partial charge in [-0.15, -0.1) is 0 Å². The molecular weight excluding hydrogens is 244 g/mol. The van der Waals surface area contributed by atoms with Crippen LogP contribution in [0.25, 0.3) is 21.9 Å². The minimum absolute atomic E-state index is 0.838. The topological polar surface area (TPSA) is 24.9 Å². The average Bonchev–Trinajstić information content (AvgIpc) is 2.48. The molecule has 2 aromatic carbocycles. The second-order valence-electron chi connectivity index (χ2n) is 5.09. The van der Waals surface area contributed by atoms with E-state index in [0.717, 1.165) is 6.54 Å². The summed E-state index contributed by atoms with van der Waals surface area (Å²) in [6, 6.07) is 15.1. The zero-order valence-corrected chi connectivity index (χ0v) is 11.9. The zero-order valence-electron chi connectivity index (χ0n) is 11.9. The van der Waals surface area contributed by atoms with Gasteiger partial charge in [0.25, 0.3) is 0 Å². The largest absolute Gasteiger partial charge is 0.316 e. The zero-order chi connectivity index (χ0) is 13.9. The number of fused-ring (bicyclic) bond motifs is 1. The van der Waals surface area contributed by atoms with Crippen LogP contribution in [0.5, 0.6) is 0 Å². The minimum Gasteiger partial charge on any atom is -0.316 e. The number of pyridine rings is 1. The third-order valence-electron chi connectivity index (χ3n) is 3.60. The van der Waals surface area contributed by atoms with Gasteiger partial charge < -0.3 is 5.32 Å². The van der Waals surface area contributed by atoms with Crippen molar-refractivity contribution in [1.82, 2.24) is 10.3 Å². The van der Waals surface area contributed by atoms with Gasteiger partial charge in [0, 0.05) is 24.5 Å². The van der Waals surface area contributed by atoms with Crippen LogP contribution in [0.15, 0.2) is 54.9 Å². The Morgan fingerprint density at radius 3 is 2.75 bits per heavy atom. The summed E-state index contributed by atoms with van der Waals surface area (Å²) in [4.78, 5) is 4.39. The number of aromatic nitrogens is 1. The van der Waals surface area contributed by atoms with Gasteiger partial charge in [-0.3, -0.25) is 4.98 Å². The van der Waals surface area contributed by atoms with E-state index in [-0.39, 0.29) is 0 Å². The number of hydrogen-bond donors (Lipinski definition) is 1. The molecule has 0 radical (unpaired) electrons. The van der Waals surface area contributed by atoms with Crippen molar-refractivity contribution < 1.29 is 0 Å². The van der Waals surface area contributed by atoms with E-state index in [9.17, 15) is 0 Å². The first kappa shape index (κ1) is 12.8. The first-order chi connectivity index (χ1) is 9.79. The summed E-state index contributed by atoms with van der Waals surface area (Å²) >= 11 is 0. The lowest BCUT2D eigenvalue weighted by atomic mass is 9.94. The fraction of sp³-hybridized carbons (Fsp3) is 0.167. The molecule has 0 aliphatic rings. The van der Waals surface area contributed by atoms with Gasteiger partial charge in [0.1, 0.15) is 0 Å². The number of benzene rings is 2. The molecule has 0 atom stereocenters. The predicted molar refractivity (Wildman–Crippen MR) is 84.7 cm³/mol. The maximum Gasteiger partial charge on any atom is 0.0346 e. The Balaban J connectivity index is 2.23. The molecule has 2 heteroatoms.